The van der Waals surface area contributed by atoms with Crippen molar-refractivity contribution in [3.63, 3.8) is 0 Å². The summed E-state index contributed by atoms with van der Waals surface area (Å²) in [5.41, 5.74) is 0. The molecule has 0 heterocycles. The molecule has 0 amide bonds. The molecule has 0 aromatic rings. The van der Waals surface area contributed by atoms with Gasteiger partial charge >= 0.3 is 0 Å². The molecule has 0 N–H and O–H groups in total. The number of hydrogen-bond acceptors (Lipinski definition) is 1. The maximum Gasteiger partial charge on any atom is 0.0697 e. The van der Waals surface area contributed by atoms with Gasteiger partial charge in [-0.3, -0.25) is 0 Å². The second-order valence-corrected chi connectivity index (χ2v) is 5.22. The minimum Gasteiger partial charge on any atom is -0.198 e. The highest BCUT2D eigenvalue weighted by molar-refractivity contribution is 4.99. The summed E-state index contributed by atoms with van der Waals surface area (Å²) in [4.78, 5) is 0. The fourth-order valence-corrected chi connectivity index (χ4v) is 2.17. The van der Waals surface area contributed by atoms with Gasteiger partial charge in [-0.1, -0.05) is 77.4 Å². The standard InChI is InChI=1S/C17H31N/c1-3-5-6-7-8-9-10-11-12-13-15-17(16-18)14-4-2/h13,15,17H,3-12,14H2,1-2H3/b15-13-. The normalized spacial score (nSPS) is 12.7. The second kappa shape index (κ2) is 14.3. The first kappa shape index (κ1) is 17.2. The van der Waals surface area contributed by atoms with Gasteiger partial charge in [0.1, 0.15) is 0 Å². The van der Waals surface area contributed by atoms with Gasteiger partial charge in [-0.05, 0) is 19.3 Å². The Kier molecular flexibility index (Phi) is 13.7. The zero-order chi connectivity index (χ0) is 13.5. The molecule has 0 saturated heterocycles. The zero-order valence-electron chi connectivity index (χ0n) is 12.5. The van der Waals surface area contributed by atoms with Crippen LogP contribution in [-0.2, 0) is 0 Å². The molecule has 0 aromatic carbocycles. The van der Waals surface area contributed by atoms with Crippen molar-refractivity contribution in [1.29, 1.82) is 5.26 Å². The third kappa shape index (κ3) is 11.7. The van der Waals surface area contributed by atoms with Crippen molar-refractivity contribution in [2.45, 2.75) is 84.5 Å². The van der Waals surface area contributed by atoms with E-state index in [0.29, 0.717) is 0 Å². The molecule has 0 bridgehead atoms. The molecule has 0 aromatic heterocycles. The van der Waals surface area contributed by atoms with Crippen LogP contribution in [0, 0.1) is 17.2 Å². The van der Waals surface area contributed by atoms with E-state index in [1.807, 2.05) is 0 Å². The van der Waals surface area contributed by atoms with Crippen LogP contribution in [0.25, 0.3) is 0 Å². The molecule has 1 unspecified atom stereocenters. The van der Waals surface area contributed by atoms with E-state index in [1.54, 1.807) is 0 Å². The van der Waals surface area contributed by atoms with Crippen molar-refractivity contribution >= 4 is 0 Å². The molecule has 104 valence electrons. The predicted molar refractivity (Wildman–Crippen MR) is 80.4 cm³/mol. The summed E-state index contributed by atoms with van der Waals surface area (Å²) in [6.07, 6.45) is 18.5. The maximum atomic E-state index is 8.90. The molecule has 1 atom stereocenters. The Labute approximate surface area is 114 Å². The van der Waals surface area contributed by atoms with Crippen molar-refractivity contribution in [1.82, 2.24) is 0 Å². The van der Waals surface area contributed by atoms with Gasteiger partial charge in [0, 0.05) is 0 Å². The molecule has 1 nitrogen and oxygen atoms in total. The molecule has 0 saturated carbocycles. The van der Waals surface area contributed by atoms with Gasteiger partial charge in [0.25, 0.3) is 0 Å². The summed E-state index contributed by atoms with van der Waals surface area (Å²) < 4.78 is 0. The Balaban J connectivity index is 3.29. The molecular weight excluding hydrogens is 218 g/mol. The van der Waals surface area contributed by atoms with Crippen molar-refractivity contribution in [2.24, 2.45) is 5.92 Å². The SMILES string of the molecule is CCCCCCCCCC/C=C\C(C#N)CCC. The van der Waals surface area contributed by atoms with E-state index >= 15 is 0 Å². The lowest BCUT2D eigenvalue weighted by atomic mass is 10.0. The molecule has 0 spiro atoms. The van der Waals surface area contributed by atoms with Crippen molar-refractivity contribution < 1.29 is 0 Å². The van der Waals surface area contributed by atoms with Crippen LogP contribution in [-0.4, -0.2) is 0 Å². The summed E-state index contributed by atoms with van der Waals surface area (Å²) >= 11 is 0. The van der Waals surface area contributed by atoms with E-state index in [-0.39, 0.29) is 5.92 Å². The molecule has 1 heteroatoms. The minimum atomic E-state index is 0.143. The van der Waals surface area contributed by atoms with Crippen LogP contribution in [0.3, 0.4) is 0 Å². The molecule has 0 fully saturated rings. The Morgan fingerprint density at radius 2 is 1.50 bits per heavy atom. The largest absolute Gasteiger partial charge is 0.198 e. The van der Waals surface area contributed by atoms with Gasteiger partial charge < -0.3 is 0 Å². The van der Waals surface area contributed by atoms with E-state index in [1.165, 1.54) is 51.4 Å². The zero-order valence-corrected chi connectivity index (χ0v) is 12.5. The molecular formula is C17H31N. The van der Waals surface area contributed by atoms with Crippen LogP contribution in [0.4, 0.5) is 0 Å². The lowest BCUT2D eigenvalue weighted by Gasteiger charge is -2.01. The smallest absolute Gasteiger partial charge is 0.0697 e. The highest BCUT2D eigenvalue weighted by atomic mass is 14.3. The number of allylic oxidation sites excluding steroid dienone is 2. The van der Waals surface area contributed by atoms with Crippen molar-refractivity contribution in [3.8, 4) is 6.07 Å². The van der Waals surface area contributed by atoms with Crippen LogP contribution in [0.2, 0.25) is 0 Å². The van der Waals surface area contributed by atoms with Gasteiger partial charge in [0.2, 0.25) is 0 Å². The van der Waals surface area contributed by atoms with Gasteiger partial charge in [0.05, 0.1) is 12.0 Å². The average molecular weight is 249 g/mol. The van der Waals surface area contributed by atoms with Crippen LogP contribution in [0.5, 0.6) is 0 Å². The highest BCUT2D eigenvalue weighted by Crippen LogP contribution is 2.11. The quantitative estimate of drug-likeness (QED) is 0.307. The van der Waals surface area contributed by atoms with Gasteiger partial charge in [-0.2, -0.15) is 5.26 Å². The van der Waals surface area contributed by atoms with Crippen LogP contribution < -0.4 is 0 Å². The molecule has 0 aliphatic rings. The Bertz CT molecular complexity index is 224. The van der Waals surface area contributed by atoms with E-state index in [0.717, 1.165) is 19.3 Å². The summed E-state index contributed by atoms with van der Waals surface area (Å²) in [6, 6.07) is 2.35. The van der Waals surface area contributed by atoms with Gasteiger partial charge in [-0.25, -0.2) is 0 Å². The van der Waals surface area contributed by atoms with Crippen molar-refractivity contribution in [2.75, 3.05) is 0 Å². The third-order valence-electron chi connectivity index (χ3n) is 3.36. The minimum absolute atomic E-state index is 0.143. The Morgan fingerprint density at radius 3 is 2.06 bits per heavy atom. The summed E-state index contributed by atoms with van der Waals surface area (Å²) in [7, 11) is 0. The second-order valence-electron chi connectivity index (χ2n) is 5.22. The topological polar surface area (TPSA) is 23.8 Å². The third-order valence-corrected chi connectivity index (χ3v) is 3.36. The fourth-order valence-electron chi connectivity index (χ4n) is 2.17. The van der Waals surface area contributed by atoms with Crippen LogP contribution >= 0.6 is 0 Å². The van der Waals surface area contributed by atoms with Crippen molar-refractivity contribution in [3.05, 3.63) is 12.2 Å². The molecule has 0 rings (SSSR count). The van der Waals surface area contributed by atoms with Gasteiger partial charge in [-0.15, -0.1) is 0 Å². The molecule has 18 heavy (non-hydrogen) atoms. The fraction of sp³-hybridized carbons (Fsp3) is 0.824. The summed E-state index contributed by atoms with van der Waals surface area (Å²) in [5.74, 6) is 0.143. The van der Waals surface area contributed by atoms with E-state index in [9.17, 15) is 0 Å². The van der Waals surface area contributed by atoms with Crippen LogP contribution in [0.15, 0.2) is 12.2 Å². The molecule has 0 aliphatic heterocycles. The van der Waals surface area contributed by atoms with E-state index in [4.69, 9.17) is 5.26 Å². The summed E-state index contributed by atoms with van der Waals surface area (Å²) in [6.45, 7) is 4.40. The van der Waals surface area contributed by atoms with E-state index in [2.05, 4.69) is 32.1 Å². The summed E-state index contributed by atoms with van der Waals surface area (Å²) in [5, 5.41) is 8.90. The number of nitriles is 1. The molecule has 0 aliphatic carbocycles. The first-order valence-corrected chi connectivity index (χ1v) is 7.91. The number of hydrogen-bond donors (Lipinski definition) is 0. The number of rotatable bonds is 12. The van der Waals surface area contributed by atoms with Gasteiger partial charge in [0.15, 0.2) is 0 Å². The maximum absolute atomic E-state index is 8.90. The predicted octanol–water partition coefficient (Wildman–Crippen LogP) is 6.01. The van der Waals surface area contributed by atoms with Crippen LogP contribution in [0.1, 0.15) is 84.5 Å². The van der Waals surface area contributed by atoms with E-state index < -0.39 is 0 Å². The number of nitrogens with zero attached hydrogens (tertiary/aromatic N) is 1. The Hall–Kier alpha value is -0.770. The highest BCUT2D eigenvalue weighted by Gasteiger charge is 1.99. The monoisotopic (exact) mass is 249 g/mol. The lowest BCUT2D eigenvalue weighted by Crippen LogP contribution is -1.90. The first-order chi connectivity index (χ1) is 8.85. The lowest BCUT2D eigenvalue weighted by molar-refractivity contribution is 0.577. The Morgan fingerprint density at radius 1 is 0.889 bits per heavy atom. The average Bonchev–Trinajstić information content (AvgIpc) is 2.39. The first-order valence-electron chi connectivity index (χ1n) is 7.91. The molecule has 0 radical (unpaired) electrons. The number of unbranched alkanes of at least 4 members (excludes halogenated alkanes) is 8.